The number of hydrogen-bond acceptors (Lipinski definition) is 3. The van der Waals surface area contributed by atoms with E-state index in [1.54, 1.807) is 0 Å². The number of nitrogens with zero attached hydrogens (tertiary/aromatic N) is 1. The van der Waals surface area contributed by atoms with Gasteiger partial charge in [-0.05, 0) is 13.0 Å². The van der Waals surface area contributed by atoms with Crippen LogP contribution in [0.1, 0.15) is 20.8 Å². The predicted molar refractivity (Wildman–Crippen MR) is 49.0 cm³/mol. The van der Waals surface area contributed by atoms with E-state index >= 15 is 0 Å². The molecule has 0 aromatic carbocycles. The van der Waals surface area contributed by atoms with Crippen LogP contribution in [0.25, 0.3) is 0 Å². The van der Waals surface area contributed by atoms with Gasteiger partial charge in [0.25, 0.3) is 0 Å². The number of carbonyl (C=O) groups is 1. The summed E-state index contributed by atoms with van der Waals surface area (Å²) in [6.45, 7) is 8.13. The fraction of sp³-hybridized carbons (Fsp3) is 0.889. The number of esters is 1. The highest BCUT2D eigenvalue weighted by molar-refractivity contribution is 5.65. The van der Waals surface area contributed by atoms with Crippen LogP contribution in [0.5, 0.6) is 0 Å². The molecule has 0 radical (unpaired) electrons. The summed E-state index contributed by atoms with van der Waals surface area (Å²) in [4.78, 5) is 12.6. The molecule has 0 aromatic rings. The van der Waals surface area contributed by atoms with Crippen LogP contribution in [0.15, 0.2) is 0 Å². The molecule has 0 fully saturated rings. The smallest absolute Gasteiger partial charge is 0.302 e. The highest BCUT2D eigenvalue weighted by atomic mass is 16.5. The van der Waals surface area contributed by atoms with Gasteiger partial charge >= 0.3 is 5.97 Å². The third-order valence-corrected chi connectivity index (χ3v) is 1.46. The zero-order valence-corrected chi connectivity index (χ0v) is 8.46. The molecule has 0 unspecified atom stereocenters. The Kier molecular flexibility index (Phi) is 5.72. The van der Waals surface area contributed by atoms with Crippen LogP contribution in [0.3, 0.4) is 0 Å². The molecule has 0 atom stereocenters. The van der Waals surface area contributed by atoms with E-state index in [9.17, 15) is 4.79 Å². The van der Waals surface area contributed by atoms with Crippen molar-refractivity contribution in [3.05, 3.63) is 0 Å². The van der Waals surface area contributed by atoms with Crippen LogP contribution in [0, 0.1) is 5.92 Å². The summed E-state index contributed by atoms with van der Waals surface area (Å²) < 4.78 is 4.81. The molecule has 72 valence electrons. The summed E-state index contributed by atoms with van der Waals surface area (Å²) in [6, 6.07) is 0. The number of rotatable bonds is 5. The summed E-state index contributed by atoms with van der Waals surface area (Å²) in [5.74, 6) is 0.459. The van der Waals surface area contributed by atoms with Gasteiger partial charge in [-0.3, -0.25) is 4.79 Å². The molecule has 0 aliphatic heterocycles. The Labute approximate surface area is 74.7 Å². The van der Waals surface area contributed by atoms with Crippen LogP contribution >= 0.6 is 0 Å². The SMILES string of the molecule is CC(=O)OCCN(C)CC(C)C. The van der Waals surface area contributed by atoms with Crippen molar-refractivity contribution in [1.82, 2.24) is 4.90 Å². The summed E-state index contributed by atoms with van der Waals surface area (Å²) in [5, 5.41) is 0. The highest BCUT2D eigenvalue weighted by Gasteiger charge is 2.01. The van der Waals surface area contributed by atoms with Gasteiger partial charge in [-0.1, -0.05) is 13.8 Å². The average molecular weight is 173 g/mol. The first-order valence-electron chi connectivity index (χ1n) is 4.34. The normalized spacial score (nSPS) is 10.8. The number of hydrogen-bond donors (Lipinski definition) is 0. The first kappa shape index (κ1) is 11.4. The van der Waals surface area contributed by atoms with E-state index in [2.05, 4.69) is 18.7 Å². The predicted octanol–water partition coefficient (Wildman–Crippen LogP) is 1.14. The Morgan fingerprint density at radius 2 is 2.08 bits per heavy atom. The van der Waals surface area contributed by atoms with E-state index in [-0.39, 0.29) is 5.97 Å². The van der Waals surface area contributed by atoms with Crippen molar-refractivity contribution in [3.8, 4) is 0 Å². The van der Waals surface area contributed by atoms with Crippen LogP contribution in [-0.2, 0) is 9.53 Å². The van der Waals surface area contributed by atoms with E-state index in [4.69, 9.17) is 4.74 Å². The van der Waals surface area contributed by atoms with Crippen LogP contribution < -0.4 is 0 Å². The highest BCUT2D eigenvalue weighted by Crippen LogP contribution is 1.94. The third kappa shape index (κ3) is 7.54. The Morgan fingerprint density at radius 1 is 1.50 bits per heavy atom. The average Bonchev–Trinajstić information content (AvgIpc) is 1.84. The van der Waals surface area contributed by atoms with E-state index < -0.39 is 0 Å². The molecule has 0 spiro atoms. The second-order valence-corrected chi connectivity index (χ2v) is 3.50. The Balaban J connectivity index is 3.31. The summed E-state index contributed by atoms with van der Waals surface area (Å²) in [5.41, 5.74) is 0. The molecule has 3 heteroatoms. The van der Waals surface area contributed by atoms with Crippen molar-refractivity contribution in [2.45, 2.75) is 20.8 Å². The van der Waals surface area contributed by atoms with Gasteiger partial charge in [0.05, 0.1) is 0 Å². The van der Waals surface area contributed by atoms with Gasteiger partial charge in [-0.15, -0.1) is 0 Å². The van der Waals surface area contributed by atoms with E-state index in [1.165, 1.54) is 6.92 Å². The lowest BCUT2D eigenvalue weighted by Gasteiger charge is -2.18. The molecule has 0 aromatic heterocycles. The fourth-order valence-corrected chi connectivity index (χ4v) is 1.06. The van der Waals surface area contributed by atoms with E-state index in [0.29, 0.717) is 12.5 Å². The van der Waals surface area contributed by atoms with Crippen molar-refractivity contribution >= 4 is 5.97 Å². The Hall–Kier alpha value is -0.570. The number of likely N-dealkylation sites (N-methyl/N-ethyl adjacent to an activating group) is 1. The maximum absolute atomic E-state index is 10.4. The second kappa shape index (κ2) is 6.00. The maximum Gasteiger partial charge on any atom is 0.302 e. The molecule has 0 heterocycles. The summed E-state index contributed by atoms with van der Waals surface area (Å²) >= 11 is 0. The van der Waals surface area contributed by atoms with Gasteiger partial charge in [0.2, 0.25) is 0 Å². The van der Waals surface area contributed by atoms with Crippen molar-refractivity contribution in [3.63, 3.8) is 0 Å². The van der Waals surface area contributed by atoms with Crippen molar-refractivity contribution < 1.29 is 9.53 Å². The van der Waals surface area contributed by atoms with Gasteiger partial charge < -0.3 is 9.64 Å². The third-order valence-electron chi connectivity index (χ3n) is 1.46. The minimum absolute atomic E-state index is 0.201. The topological polar surface area (TPSA) is 29.5 Å². The molecular formula is C9H19NO2. The summed E-state index contributed by atoms with van der Waals surface area (Å²) in [6.07, 6.45) is 0. The Morgan fingerprint density at radius 3 is 2.50 bits per heavy atom. The quantitative estimate of drug-likeness (QED) is 0.584. The largest absolute Gasteiger partial charge is 0.465 e. The molecule has 0 aliphatic carbocycles. The molecule has 0 N–H and O–H groups in total. The lowest BCUT2D eigenvalue weighted by atomic mass is 10.2. The van der Waals surface area contributed by atoms with Crippen molar-refractivity contribution in [2.24, 2.45) is 5.92 Å². The lowest BCUT2D eigenvalue weighted by Crippen LogP contribution is -2.27. The molecule has 0 saturated heterocycles. The first-order chi connectivity index (χ1) is 5.52. The van der Waals surface area contributed by atoms with E-state index in [0.717, 1.165) is 13.1 Å². The maximum atomic E-state index is 10.4. The zero-order valence-electron chi connectivity index (χ0n) is 8.46. The van der Waals surface area contributed by atoms with Crippen LogP contribution in [0.4, 0.5) is 0 Å². The molecule has 3 nitrogen and oxygen atoms in total. The van der Waals surface area contributed by atoms with E-state index in [1.807, 2.05) is 7.05 Å². The molecule has 0 bridgehead atoms. The first-order valence-corrected chi connectivity index (χ1v) is 4.34. The fourth-order valence-electron chi connectivity index (χ4n) is 1.06. The standard InChI is InChI=1S/C9H19NO2/c1-8(2)7-10(4)5-6-12-9(3)11/h8H,5-7H2,1-4H3. The van der Waals surface area contributed by atoms with Gasteiger partial charge in [-0.2, -0.15) is 0 Å². The van der Waals surface area contributed by atoms with Gasteiger partial charge in [-0.25, -0.2) is 0 Å². The number of carbonyl (C=O) groups excluding carboxylic acids is 1. The Bertz CT molecular complexity index is 134. The van der Waals surface area contributed by atoms with Crippen molar-refractivity contribution in [1.29, 1.82) is 0 Å². The molecular weight excluding hydrogens is 154 g/mol. The zero-order chi connectivity index (χ0) is 9.56. The molecule has 0 rings (SSSR count). The monoisotopic (exact) mass is 173 g/mol. The van der Waals surface area contributed by atoms with Crippen LogP contribution in [-0.4, -0.2) is 37.6 Å². The van der Waals surface area contributed by atoms with Gasteiger partial charge in [0.1, 0.15) is 6.61 Å². The van der Waals surface area contributed by atoms with Crippen LogP contribution in [0.2, 0.25) is 0 Å². The minimum Gasteiger partial charge on any atom is -0.465 e. The van der Waals surface area contributed by atoms with Gasteiger partial charge in [0, 0.05) is 20.0 Å². The molecule has 0 saturated carbocycles. The molecule has 0 aliphatic rings. The minimum atomic E-state index is -0.201. The van der Waals surface area contributed by atoms with Crippen molar-refractivity contribution in [2.75, 3.05) is 26.7 Å². The number of ether oxygens (including phenoxy) is 1. The molecule has 0 amide bonds. The second-order valence-electron chi connectivity index (χ2n) is 3.50. The summed E-state index contributed by atoms with van der Waals surface area (Å²) in [7, 11) is 2.03. The lowest BCUT2D eigenvalue weighted by molar-refractivity contribution is -0.141. The molecule has 12 heavy (non-hydrogen) atoms. The van der Waals surface area contributed by atoms with Gasteiger partial charge in [0.15, 0.2) is 0 Å².